The van der Waals surface area contributed by atoms with Crippen LogP contribution in [-0.4, -0.2) is 0 Å². The molecule has 2 aliphatic rings. The van der Waals surface area contributed by atoms with Crippen molar-refractivity contribution < 1.29 is 0 Å². The number of hydrogen-bond donors (Lipinski definition) is 0. The molecule has 10 rings (SSSR count). The molecule has 0 spiro atoms. The fourth-order valence-electron chi connectivity index (χ4n) is 9.62. The van der Waals surface area contributed by atoms with Crippen LogP contribution in [0.4, 0.5) is 17.1 Å². The summed E-state index contributed by atoms with van der Waals surface area (Å²) < 4.78 is 0. The Kier molecular flexibility index (Phi) is 7.35. The van der Waals surface area contributed by atoms with Crippen LogP contribution in [0.3, 0.4) is 0 Å². The second kappa shape index (κ2) is 12.3. The van der Waals surface area contributed by atoms with Gasteiger partial charge in [-0.2, -0.15) is 0 Å². The smallest absolute Gasteiger partial charge is 0.0714 e. The first-order chi connectivity index (χ1) is 26.5. The van der Waals surface area contributed by atoms with Gasteiger partial charge in [0.1, 0.15) is 0 Å². The number of nitrogens with zero attached hydrogens (tertiary/aromatic N) is 1. The van der Waals surface area contributed by atoms with E-state index in [0.29, 0.717) is 0 Å². The molecule has 0 atom stereocenters. The third-order valence-corrected chi connectivity index (χ3v) is 12.1. The van der Waals surface area contributed by atoms with Gasteiger partial charge in [-0.15, -0.1) is 0 Å². The van der Waals surface area contributed by atoms with E-state index >= 15 is 0 Å². The Bertz CT molecular complexity index is 2650. The summed E-state index contributed by atoms with van der Waals surface area (Å²) in [5, 5.41) is 0. The van der Waals surface area contributed by atoms with E-state index in [4.69, 9.17) is 0 Å². The summed E-state index contributed by atoms with van der Waals surface area (Å²) in [7, 11) is 0. The molecule has 0 N–H and O–H groups in total. The van der Waals surface area contributed by atoms with Crippen molar-refractivity contribution in [1.29, 1.82) is 0 Å². The molecule has 1 heteroatoms. The molecule has 1 nitrogen and oxygen atoms in total. The molecule has 8 aromatic rings. The quantitative estimate of drug-likeness (QED) is 0.168. The summed E-state index contributed by atoms with van der Waals surface area (Å²) in [6, 6.07) is 72.0. The molecule has 2 aliphatic carbocycles. The van der Waals surface area contributed by atoms with E-state index in [9.17, 15) is 0 Å². The molecular weight excluding hydrogens is 651 g/mol. The lowest BCUT2D eigenvalue weighted by Gasteiger charge is -2.35. The summed E-state index contributed by atoms with van der Waals surface area (Å²) in [6.45, 7) is 7.00. The van der Waals surface area contributed by atoms with Crippen molar-refractivity contribution in [2.45, 2.75) is 31.6 Å². The van der Waals surface area contributed by atoms with E-state index in [1.807, 2.05) is 0 Å². The average Bonchev–Trinajstić information content (AvgIpc) is 3.66. The lowest BCUT2D eigenvalue weighted by molar-refractivity contribution is 0.660. The van der Waals surface area contributed by atoms with Crippen LogP contribution in [0.25, 0.3) is 33.4 Å². The first-order valence-corrected chi connectivity index (χ1v) is 19.0. The highest BCUT2D eigenvalue weighted by Crippen LogP contribution is 2.60. The van der Waals surface area contributed by atoms with Crippen LogP contribution in [0.5, 0.6) is 0 Å². The molecule has 0 amide bonds. The maximum Gasteiger partial charge on any atom is 0.0714 e. The van der Waals surface area contributed by atoms with Crippen LogP contribution in [0.15, 0.2) is 194 Å². The Labute approximate surface area is 318 Å². The van der Waals surface area contributed by atoms with Crippen molar-refractivity contribution in [3.05, 3.63) is 233 Å². The number of fused-ring (bicyclic) bond motifs is 6. The zero-order valence-corrected chi connectivity index (χ0v) is 30.9. The minimum atomic E-state index is -0.482. The van der Waals surface area contributed by atoms with Crippen LogP contribution in [0, 0.1) is 6.92 Å². The molecule has 0 radical (unpaired) electrons. The SMILES string of the molecule is Cc1cc(-c2ccccc2)ccc1N(c1ccc2c(c1)C(C)(C)c1ccccc1-2)c1cccc2c1-c1ccccc1C2(c1ccccc1)c1ccccc1. The minimum Gasteiger partial charge on any atom is -0.310 e. The average molecular weight is 692 g/mol. The van der Waals surface area contributed by atoms with E-state index in [-0.39, 0.29) is 5.41 Å². The highest BCUT2D eigenvalue weighted by atomic mass is 15.1. The lowest BCUT2D eigenvalue weighted by Crippen LogP contribution is -2.28. The minimum absolute atomic E-state index is 0.124. The third-order valence-electron chi connectivity index (χ3n) is 12.1. The second-order valence-corrected chi connectivity index (χ2v) is 15.3. The standard InChI is InChI=1S/C53H41N/c1-36-34-38(37-18-7-4-8-19-37)30-33-49(36)54(41-31-32-43-42-24-13-15-26-45(42)52(2,3)48(43)35-41)50-29-17-28-47-51(50)44-25-14-16-27-46(44)53(47,39-20-9-5-10-21-39)40-22-11-6-12-23-40/h4-35H,1-3H3. The van der Waals surface area contributed by atoms with Gasteiger partial charge in [0.05, 0.1) is 11.1 Å². The predicted molar refractivity (Wildman–Crippen MR) is 226 cm³/mol. The number of benzene rings is 8. The molecule has 0 aromatic heterocycles. The van der Waals surface area contributed by atoms with Crippen LogP contribution in [0.1, 0.15) is 52.8 Å². The number of hydrogen-bond acceptors (Lipinski definition) is 1. The fourth-order valence-corrected chi connectivity index (χ4v) is 9.62. The maximum atomic E-state index is 2.53. The Morgan fingerprint density at radius 3 is 1.65 bits per heavy atom. The van der Waals surface area contributed by atoms with Crippen LogP contribution in [0.2, 0.25) is 0 Å². The number of aryl methyl sites for hydroxylation is 1. The Hall–Kier alpha value is -6.44. The van der Waals surface area contributed by atoms with Crippen molar-refractivity contribution in [2.24, 2.45) is 0 Å². The van der Waals surface area contributed by atoms with Crippen LogP contribution >= 0.6 is 0 Å². The van der Waals surface area contributed by atoms with Gasteiger partial charge in [0.25, 0.3) is 0 Å². The van der Waals surface area contributed by atoms with Crippen molar-refractivity contribution >= 4 is 17.1 Å². The lowest BCUT2D eigenvalue weighted by atomic mass is 9.68. The molecule has 0 heterocycles. The molecule has 0 fully saturated rings. The Morgan fingerprint density at radius 1 is 0.389 bits per heavy atom. The van der Waals surface area contributed by atoms with E-state index < -0.39 is 5.41 Å². The third kappa shape index (κ3) is 4.64. The van der Waals surface area contributed by atoms with Crippen LogP contribution < -0.4 is 4.90 Å². The maximum absolute atomic E-state index is 2.53. The molecule has 8 aromatic carbocycles. The zero-order chi connectivity index (χ0) is 36.4. The van der Waals surface area contributed by atoms with Crippen molar-refractivity contribution in [2.75, 3.05) is 4.90 Å². The highest BCUT2D eigenvalue weighted by Gasteiger charge is 2.47. The topological polar surface area (TPSA) is 3.24 Å². The Morgan fingerprint density at radius 2 is 0.963 bits per heavy atom. The summed E-state index contributed by atoms with van der Waals surface area (Å²) >= 11 is 0. The normalized spacial score (nSPS) is 14.1. The molecule has 0 aliphatic heterocycles. The van der Waals surface area contributed by atoms with E-state index in [1.165, 1.54) is 83.7 Å². The molecule has 0 saturated carbocycles. The van der Waals surface area contributed by atoms with Gasteiger partial charge < -0.3 is 4.90 Å². The van der Waals surface area contributed by atoms with Gasteiger partial charge in [-0.25, -0.2) is 0 Å². The van der Waals surface area contributed by atoms with Crippen LogP contribution in [-0.2, 0) is 10.8 Å². The summed E-state index contributed by atoms with van der Waals surface area (Å²) in [6.07, 6.45) is 0. The monoisotopic (exact) mass is 691 g/mol. The molecular formula is C53H41N. The molecule has 54 heavy (non-hydrogen) atoms. The van der Waals surface area contributed by atoms with Gasteiger partial charge >= 0.3 is 0 Å². The van der Waals surface area contributed by atoms with E-state index in [1.54, 1.807) is 0 Å². The van der Waals surface area contributed by atoms with Gasteiger partial charge in [0, 0.05) is 22.4 Å². The van der Waals surface area contributed by atoms with E-state index in [2.05, 4.69) is 220 Å². The van der Waals surface area contributed by atoms with Crippen molar-refractivity contribution in [3.63, 3.8) is 0 Å². The van der Waals surface area contributed by atoms with Gasteiger partial charge in [-0.05, 0) is 104 Å². The van der Waals surface area contributed by atoms with Crippen molar-refractivity contribution in [3.8, 4) is 33.4 Å². The van der Waals surface area contributed by atoms with Gasteiger partial charge in [-0.3, -0.25) is 0 Å². The van der Waals surface area contributed by atoms with Gasteiger partial charge in [0.2, 0.25) is 0 Å². The first-order valence-electron chi connectivity index (χ1n) is 19.0. The van der Waals surface area contributed by atoms with Gasteiger partial charge in [0.15, 0.2) is 0 Å². The molecule has 0 bridgehead atoms. The molecule has 0 saturated heterocycles. The summed E-state index contributed by atoms with van der Waals surface area (Å²) in [4.78, 5) is 2.53. The zero-order valence-electron chi connectivity index (χ0n) is 30.9. The van der Waals surface area contributed by atoms with Gasteiger partial charge in [-0.1, -0.05) is 178 Å². The van der Waals surface area contributed by atoms with E-state index in [0.717, 1.165) is 5.69 Å². The largest absolute Gasteiger partial charge is 0.310 e. The predicted octanol–water partition coefficient (Wildman–Crippen LogP) is 13.8. The fraction of sp³-hybridized carbons (Fsp3) is 0.0943. The Balaban J connectivity index is 1.27. The highest BCUT2D eigenvalue weighted by molar-refractivity contribution is 5.98. The molecule has 0 unspecified atom stereocenters. The number of anilines is 3. The first kappa shape index (κ1) is 32.2. The molecule has 258 valence electrons. The summed E-state index contributed by atoms with van der Waals surface area (Å²) in [5.74, 6) is 0. The second-order valence-electron chi connectivity index (χ2n) is 15.3. The van der Waals surface area contributed by atoms with Crippen molar-refractivity contribution in [1.82, 2.24) is 0 Å². The summed E-state index contributed by atoms with van der Waals surface area (Å²) in [5.41, 5.74) is 19.7. The number of rotatable bonds is 6.